The second kappa shape index (κ2) is 106. The normalized spacial score (nSPS) is 13.9. The molecule has 69 heteroatoms. The molecular formula is C81H159N25O40S4. The molecule has 63 N–H and O–H groups in total. The van der Waals surface area contributed by atoms with Crippen LogP contribution in [0, 0.1) is 11.8 Å². The molecule has 2 heterocycles. The number of nitrogens with two attached hydrogens (primary N) is 21. The number of aromatic nitrogens is 2. The summed E-state index contributed by atoms with van der Waals surface area (Å²) in [7, 11) is 2.41. The Morgan fingerprint density at radius 3 is 1.03 bits per heavy atom. The number of aliphatic carboxylic acids is 19. The van der Waals surface area contributed by atoms with E-state index in [1.807, 2.05) is 64.3 Å². The summed E-state index contributed by atoms with van der Waals surface area (Å²) in [5.74, 6) is -18.8. The van der Waals surface area contributed by atoms with Gasteiger partial charge in [-0.05, 0) is 120 Å². The number of thiol groups is 1. The molecule has 1 unspecified atom stereocenters. The highest BCUT2D eigenvalue weighted by Crippen LogP contribution is 2.22. The molecule has 1 fully saturated rings. The summed E-state index contributed by atoms with van der Waals surface area (Å²) >= 11 is 5.25. The van der Waals surface area contributed by atoms with Crippen LogP contribution < -0.4 is 126 Å². The van der Waals surface area contributed by atoms with Crippen LogP contribution >= 0.6 is 46.0 Å². The summed E-state index contributed by atoms with van der Waals surface area (Å²) in [6, 6.07) is -4.07. The van der Waals surface area contributed by atoms with Gasteiger partial charge in [0.1, 0.15) is 96.7 Å². The van der Waals surface area contributed by atoms with Gasteiger partial charge in [-0.1, -0.05) is 92.5 Å². The number of guanidine groups is 1. The smallest absolute Gasteiger partial charge is 0.321 e. The van der Waals surface area contributed by atoms with Gasteiger partial charge in [-0.3, -0.25) is 106 Å². The maximum Gasteiger partial charge on any atom is 0.321 e. The molecule has 0 spiro atoms. The van der Waals surface area contributed by atoms with Crippen molar-refractivity contribution in [2.24, 2.45) is 137 Å². The number of imidazole rings is 1. The minimum atomic E-state index is -1.29. The van der Waals surface area contributed by atoms with Gasteiger partial charge in [0.2, 0.25) is 11.8 Å². The fourth-order valence-electron chi connectivity index (χ4n) is 7.19. The summed E-state index contributed by atoms with van der Waals surface area (Å²) < 4.78 is 0. The summed E-state index contributed by atoms with van der Waals surface area (Å²) in [6.07, 6.45) is 11.5. The molecule has 1 aromatic heterocycles. The summed E-state index contributed by atoms with van der Waals surface area (Å²) in [6.45, 7) is 10.7. The molecule has 65 nitrogen and oxygen atoms in total. The minimum absolute atomic E-state index is 0.0129. The number of unbranched alkanes of at least 4 members (excludes halogenated alkanes) is 1. The maximum absolute atomic E-state index is 10.4. The average Bonchev–Trinajstić information content (AvgIpc) is 1.87. The van der Waals surface area contributed by atoms with Crippen molar-refractivity contribution >= 4 is 177 Å². The van der Waals surface area contributed by atoms with Gasteiger partial charge in [0.15, 0.2) is 5.96 Å². The average molecular weight is 2250 g/mol. The number of H-pyrrole nitrogens is 1. The van der Waals surface area contributed by atoms with Gasteiger partial charge in [0, 0.05) is 55.0 Å². The van der Waals surface area contributed by atoms with E-state index >= 15 is 0 Å². The number of primary amides is 2. The topological polar surface area (TPSA) is 1340 Å². The number of aromatic amines is 1. The van der Waals surface area contributed by atoms with Crippen LogP contribution in [0.5, 0.6) is 0 Å². The van der Waals surface area contributed by atoms with Gasteiger partial charge in [0.25, 0.3) is 0 Å². The summed E-state index contributed by atoms with van der Waals surface area (Å²) in [5, 5.41) is 159. The van der Waals surface area contributed by atoms with E-state index in [0.717, 1.165) is 55.7 Å². The molecule has 0 saturated carbocycles. The Labute approximate surface area is 879 Å². The molecule has 1 aliphatic heterocycles. The van der Waals surface area contributed by atoms with E-state index in [0.29, 0.717) is 57.5 Å². The molecule has 872 valence electrons. The number of carboxylic acids is 19. The SMILES string of the molecule is CC(C)C[C@H](N)C(=O)O.CC[C@H](C)[C@H](N)C(=O)O.CSCC[C@H](N)C(=O)O.C[C@H](N)C(=O)O.NC(=O)CC[C@H](N)C(=O)O.NC(=O)C[C@H](N)C(=O)O.NC(CSSC[C@H](N)C(=O)O)C(=O)O.NC(N)=NCCC[C@H](N)C(=O)O.NCC(=O)O.NCCCC[C@H](N)C(=O)O.N[C@@H](CC(=O)O)C(=O)O.N[C@@H](CCC(=O)O)C(=O)O.N[C@@H](CS)C(=O)O.N[C@@H](Cc1ccccc1)C(=O)O.N[C@@H](Cc1cnc[nH]1)C(=O)O.O=C(O)[C@@H]1CCCN1. The van der Waals surface area contributed by atoms with E-state index in [2.05, 4.69) is 44.4 Å². The number of rotatable bonds is 52. The molecular weight excluding hydrogens is 2090 g/mol. The van der Waals surface area contributed by atoms with Gasteiger partial charge in [-0.2, -0.15) is 24.4 Å². The fraction of sp³-hybridized carbons (Fsp3) is 0.617. The highest BCUT2D eigenvalue weighted by molar-refractivity contribution is 8.76. The molecule has 0 radical (unpaired) electrons. The summed E-state index contributed by atoms with van der Waals surface area (Å²) in [5.41, 5.74) is 108. The first-order chi connectivity index (χ1) is 68.9. The first-order valence-electron chi connectivity index (χ1n) is 43.7. The molecule has 17 atom stereocenters. The van der Waals surface area contributed by atoms with Crippen LogP contribution in [0.4, 0.5) is 0 Å². The largest absolute Gasteiger partial charge is 0.481 e. The van der Waals surface area contributed by atoms with E-state index < -0.39 is 222 Å². The first kappa shape index (κ1) is 165. The Hall–Kier alpha value is -12.8. The van der Waals surface area contributed by atoms with Crippen LogP contribution in [0.25, 0.3) is 0 Å². The zero-order valence-electron chi connectivity index (χ0n) is 83.6. The lowest BCUT2D eigenvalue weighted by Gasteiger charge is -2.11. The van der Waals surface area contributed by atoms with Crippen molar-refractivity contribution < 1.29 is 198 Å². The van der Waals surface area contributed by atoms with Gasteiger partial charge in [-0.25, -0.2) is 4.98 Å². The third-order valence-corrected chi connectivity index (χ3v) is 19.6. The molecule has 1 aliphatic rings. The molecule has 1 saturated heterocycles. The lowest BCUT2D eigenvalue weighted by molar-refractivity contribution is -0.144. The quantitative estimate of drug-likeness (QED) is 0.00961. The van der Waals surface area contributed by atoms with E-state index in [9.17, 15) is 101 Å². The lowest BCUT2D eigenvalue weighted by Crippen LogP contribution is -2.36. The third-order valence-electron chi connectivity index (χ3n) is 16.1. The number of hydrogen-bond donors (Lipinski definition) is 43. The van der Waals surface area contributed by atoms with Crippen LogP contribution in [0.3, 0.4) is 0 Å². The Kier molecular flexibility index (Phi) is 117. The number of carboxylic acid groups (broad SMARTS) is 19. The van der Waals surface area contributed by atoms with Crippen LogP contribution in [0.2, 0.25) is 0 Å². The van der Waals surface area contributed by atoms with Gasteiger partial charge in [0.05, 0.1) is 25.7 Å². The van der Waals surface area contributed by atoms with Crippen LogP contribution in [-0.2, 0) is 114 Å². The van der Waals surface area contributed by atoms with Crippen molar-refractivity contribution in [3.8, 4) is 0 Å². The number of benzene rings is 1. The molecule has 3 rings (SSSR count). The zero-order chi connectivity index (χ0) is 121. The van der Waals surface area contributed by atoms with Crippen molar-refractivity contribution in [3.63, 3.8) is 0 Å². The molecule has 2 aromatic rings. The number of amides is 2. The molecule has 0 bridgehead atoms. The summed E-state index contributed by atoms with van der Waals surface area (Å²) in [4.78, 5) is 220. The highest BCUT2D eigenvalue weighted by atomic mass is 33.1. The number of nitrogens with one attached hydrogen (secondary N) is 2. The van der Waals surface area contributed by atoms with Crippen molar-refractivity contribution in [2.45, 2.75) is 247 Å². The van der Waals surface area contributed by atoms with Crippen LogP contribution in [-0.4, -0.2) is 390 Å². The minimum Gasteiger partial charge on any atom is -0.481 e. The van der Waals surface area contributed by atoms with Crippen molar-refractivity contribution in [1.82, 2.24) is 15.3 Å². The van der Waals surface area contributed by atoms with Crippen molar-refractivity contribution in [2.75, 3.05) is 55.4 Å². The van der Waals surface area contributed by atoms with E-state index in [4.69, 9.17) is 206 Å². The van der Waals surface area contributed by atoms with Gasteiger partial charge >= 0.3 is 113 Å². The van der Waals surface area contributed by atoms with E-state index in [1.54, 1.807) is 18.0 Å². The predicted octanol–water partition coefficient (Wildman–Crippen LogP) is -9.11. The Bertz CT molecular complexity index is 4020. The lowest BCUT2D eigenvalue weighted by atomic mass is 10.0. The standard InChI is InChI=1S/C9H11NO2.C6H14N4O2.C6H9N3O2.C6H12N2O4S2.C6H14N2O2.2C6H13NO2.C5H10N2O3.C5H9NO4.C5H11NO2S.C5H9NO2.C4H8N2O3.C4H7NO4.C3H7NO2S.C3H7NO2.C2H5NO2/c10-8(9(11)12)6-7-4-2-1-3-5-7;7-4(5(11)12)2-1-3-10-6(8)9;7-5(6(10)11)1-4-2-8-3-9-4;7-3(5(9)10)1-13-14-2-4(8)6(11)12;7-4-2-1-3-5(8)6(9)10;1-4(2)3-5(7)6(8)9;1-3-4(2)5(7)6(8)9;2*6-3(5(9)10)1-2-4(7)8;1-9-3-2-4(6)5(7)8;7-5(8)4-2-1-3-6-4;2*5-2(4(8)9)1-3(6)7;4-2(1-7)3(5)6;1-2(4)3(5)6;3-1-2(4)5/h1-5,8H,6,10H2,(H,11,12);4H,1-3,7H2,(H,11,12)(H4,8,9,10);2-3,5H,1,7H2,(H,8,9)(H,10,11);3-4H,1-2,7-8H2,(H,9,10)(H,11,12);5H,1-4,7-8H2,(H,9,10);2*4-5H,3,7H2,1-2H3,(H,8,9);3H,1-2,6H2,(H2,7,8)(H,9,10);3H,1-2,6H2,(H,7,8)(H,9,10);4H,2-3,6H2,1H3,(H,7,8);4,6H,1-3H2,(H,7,8);2H,1,5H2,(H2,6,7)(H,8,9);2H,1,5H2,(H,6,7)(H,8,9);2,7H,1,4H2,(H,5,6);2H,4H2,1H3,(H,5,6);1,3H2,(H,4,5)/t8-;4-;5-;3-,4?;2*5-;4-,5-;2*3-;2*4-;4*2-;/m000000000000000./s1. The number of carbonyl (C=O) groups is 21. The fourth-order valence-corrected chi connectivity index (χ4v) is 10.1. The van der Waals surface area contributed by atoms with Gasteiger partial charge < -0.3 is 228 Å². The number of hydrogen-bond acceptors (Lipinski definition) is 45. The first-order valence-corrected chi connectivity index (χ1v) is 48.2. The van der Waals surface area contributed by atoms with Gasteiger partial charge in [-0.15, -0.1) is 0 Å². The third kappa shape index (κ3) is 131. The number of carbonyl (C=O) groups excluding carboxylic acids is 2. The Morgan fingerprint density at radius 2 is 0.793 bits per heavy atom. The monoisotopic (exact) mass is 2250 g/mol. The molecule has 150 heavy (non-hydrogen) atoms. The molecule has 2 amide bonds. The van der Waals surface area contributed by atoms with E-state index in [1.165, 1.54) is 34.8 Å². The van der Waals surface area contributed by atoms with Crippen LogP contribution in [0.15, 0.2) is 47.8 Å². The maximum atomic E-state index is 10.4. The second-order valence-corrected chi connectivity index (χ2v) is 34.2. The Balaban J connectivity index is -0.000000122. The number of nitrogens with zero attached hydrogens (tertiary/aromatic N) is 2. The number of thioether (sulfide) groups is 1. The zero-order valence-corrected chi connectivity index (χ0v) is 86.9. The van der Waals surface area contributed by atoms with Crippen molar-refractivity contribution in [3.05, 3.63) is 54.1 Å². The van der Waals surface area contributed by atoms with Crippen LogP contribution in [0.1, 0.15) is 149 Å². The predicted molar refractivity (Wildman–Crippen MR) is 552 cm³/mol. The van der Waals surface area contributed by atoms with Crippen molar-refractivity contribution in [1.29, 1.82) is 0 Å². The van der Waals surface area contributed by atoms with E-state index in [-0.39, 0.29) is 80.2 Å². The number of aliphatic imine (C=N–C) groups is 1. The molecule has 0 aliphatic carbocycles. The second-order valence-electron chi connectivity index (χ2n) is 30.3. The molecule has 1 aromatic carbocycles. The highest BCUT2D eigenvalue weighted by Gasteiger charge is 2.23. The Morgan fingerprint density at radius 1 is 0.427 bits per heavy atom.